The number of amides is 1. The lowest BCUT2D eigenvalue weighted by Gasteiger charge is -2.21. The van der Waals surface area contributed by atoms with Crippen molar-refractivity contribution in [2.75, 3.05) is 11.4 Å². The van der Waals surface area contributed by atoms with Crippen molar-refractivity contribution < 1.29 is 19.4 Å². The number of phenolic OH excluding ortho intramolecular Hbond substituents is 1. The van der Waals surface area contributed by atoms with E-state index in [1.165, 1.54) is 6.07 Å². The van der Waals surface area contributed by atoms with Crippen LogP contribution in [-0.2, 0) is 16.0 Å². The molecule has 124 valence electrons. The topological polar surface area (TPSA) is 66.8 Å². The van der Waals surface area contributed by atoms with Crippen LogP contribution in [0.3, 0.4) is 0 Å². The van der Waals surface area contributed by atoms with Gasteiger partial charge in [0.1, 0.15) is 5.75 Å². The number of hydrogen-bond donors (Lipinski definition) is 1. The van der Waals surface area contributed by atoms with Gasteiger partial charge in [-0.3, -0.25) is 4.79 Å². The summed E-state index contributed by atoms with van der Waals surface area (Å²) in [6, 6.07) is 12.3. The summed E-state index contributed by atoms with van der Waals surface area (Å²) >= 11 is 0. The summed E-state index contributed by atoms with van der Waals surface area (Å²) in [6.45, 7) is 3.89. The summed E-state index contributed by atoms with van der Waals surface area (Å²) in [4.78, 5) is 26.4. The normalized spacial score (nSPS) is 14.2. The SMILES string of the molecule is Cc1ccc(C(=O)OC(C)C(=O)N2CCc3ccccc32)cc1O. The highest BCUT2D eigenvalue weighted by atomic mass is 16.5. The highest BCUT2D eigenvalue weighted by Gasteiger charge is 2.30. The largest absolute Gasteiger partial charge is 0.508 e. The fourth-order valence-electron chi connectivity index (χ4n) is 2.80. The summed E-state index contributed by atoms with van der Waals surface area (Å²) in [5, 5.41) is 9.69. The molecule has 1 aliphatic heterocycles. The van der Waals surface area contributed by atoms with E-state index in [1.807, 2.05) is 24.3 Å². The number of hydrogen-bond acceptors (Lipinski definition) is 4. The zero-order chi connectivity index (χ0) is 17.3. The first kappa shape index (κ1) is 16.1. The monoisotopic (exact) mass is 325 g/mol. The Labute approximate surface area is 140 Å². The zero-order valence-corrected chi connectivity index (χ0v) is 13.7. The molecular formula is C19H19NO4. The van der Waals surface area contributed by atoms with Gasteiger partial charge in [-0.15, -0.1) is 0 Å². The molecule has 0 saturated heterocycles. The molecule has 0 bridgehead atoms. The van der Waals surface area contributed by atoms with Crippen LogP contribution in [0.1, 0.15) is 28.4 Å². The van der Waals surface area contributed by atoms with Gasteiger partial charge >= 0.3 is 5.97 Å². The highest BCUT2D eigenvalue weighted by Crippen LogP contribution is 2.28. The molecule has 0 radical (unpaired) electrons. The van der Waals surface area contributed by atoms with Crippen molar-refractivity contribution in [2.45, 2.75) is 26.4 Å². The number of para-hydroxylation sites is 1. The fraction of sp³-hybridized carbons (Fsp3) is 0.263. The quantitative estimate of drug-likeness (QED) is 0.881. The van der Waals surface area contributed by atoms with Crippen molar-refractivity contribution in [3.63, 3.8) is 0 Å². The van der Waals surface area contributed by atoms with E-state index in [1.54, 1.807) is 30.9 Å². The van der Waals surface area contributed by atoms with Gasteiger partial charge in [-0.25, -0.2) is 4.79 Å². The number of esters is 1. The van der Waals surface area contributed by atoms with Gasteiger partial charge in [-0.05, 0) is 49.6 Å². The van der Waals surface area contributed by atoms with Gasteiger partial charge in [0.2, 0.25) is 0 Å². The van der Waals surface area contributed by atoms with Gasteiger partial charge in [0.15, 0.2) is 6.10 Å². The Balaban J connectivity index is 1.70. The summed E-state index contributed by atoms with van der Waals surface area (Å²) in [6.07, 6.45) is -0.0962. The second-order valence-corrected chi connectivity index (χ2v) is 5.92. The number of benzene rings is 2. The first-order chi connectivity index (χ1) is 11.5. The molecule has 1 N–H and O–H groups in total. The number of carbonyl (C=O) groups excluding carboxylic acids is 2. The van der Waals surface area contributed by atoms with Crippen LogP contribution in [0.2, 0.25) is 0 Å². The minimum absolute atomic E-state index is 0.0249. The van der Waals surface area contributed by atoms with Crippen molar-refractivity contribution in [2.24, 2.45) is 0 Å². The Hall–Kier alpha value is -2.82. The Morgan fingerprint density at radius 1 is 1.21 bits per heavy atom. The van der Waals surface area contributed by atoms with E-state index in [0.717, 1.165) is 17.7 Å². The van der Waals surface area contributed by atoms with Gasteiger partial charge in [0.05, 0.1) is 5.56 Å². The van der Waals surface area contributed by atoms with Crippen molar-refractivity contribution in [1.29, 1.82) is 0 Å². The van der Waals surface area contributed by atoms with Crippen LogP contribution >= 0.6 is 0 Å². The molecule has 0 saturated carbocycles. The first-order valence-electron chi connectivity index (χ1n) is 7.87. The molecule has 2 aromatic carbocycles. The maximum Gasteiger partial charge on any atom is 0.339 e. The van der Waals surface area contributed by atoms with Crippen molar-refractivity contribution in [3.05, 3.63) is 59.2 Å². The molecule has 0 spiro atoms. The van der Waals surface area contributed by atoms with Crippen molar-refractivity contribution in [1.82, 2.24) is 0 Å². The Bertz CT molecular complexity index is 800. The summed E-state index contributed by atoms with van der Waals surface area (Å²) in [7, 11) is 0. The molecule has 1 amide bonds. The average molecular weight is 325 g/mol. The highest BCUT2D eigenvalue weighted by molar-refractivity contribution is 6.00. The standard InChI is InChI=1S/C19H19NO4/c1-12-7-8-15(11-17(12)21)19(23)24-13(2)18(22)20-10-9-14-5-3-4-6-16(14)20/h3-8,11,13,21H,9-10H2,1-2H3. The molecule has 0 aromatic heterocycles. The second-order valence-electron chi connectivity index (χ2n) is 5.92. The number of aryl methyl sites for hydroxylation is 1. The van der Waals surface area contributed by atoms with Crippen LogP contribution in [0.15, 0.2) is 42.5 Å². The smallest absolute Gasteiger partial charge is 0.339 e. The first-order valence-corrected chi connectivity index (χ1v) is 7.87. The molecule has 1 unspecified atom stereocenters. The predicted molar refractivity (Wildman–Crippen MR) is 90.2 cm³/mol. The molecule has 0 fully saturated rings. The van der Waals surface area contributed by atoms with Crippen LogP contribution in [0.5, 0.6) is 5.75 Å². The lowest BCUT2D eigenvalue weighted by Crippen LogP contribution is -2.39. The zero-order valence-electron chi connectivity index (χ0n) is 13.7. The average Bonchev–Trinajstić information content (AvgIpc) is 3.00. The van der Waals surface area contributed by atoms with E-state index in [-0.39, 0.29) is 17.2 Å². The number of aromatic hydroxyl groups is 1. The maximum absolute atomic E-state index is 12.6. The number of anilines is 1. The number of ether oxygens (including phenoxy) is 1. The number of carbonyl (C=O) groups is 2. The molecule has 3 rings (SSSR count). The molecule has 1 atom stereocenters. The molecule has 1 heterocycles. The molecule has 2 aromatic rings. The molecule has 0 aliphatic carbocycles. The predicted octanol–water partition coefficient (Wildman–Crippen LogP) is 2.84. The number of nitrogens with zero attached hydrogens (tertiary/aromatic N) is 1. The molecular weight excluding hydrogens is 306 g/mol. The third kappa shape index (κ3) is 2.97. The van der Waals surface area contributed by atoms with Gasteiger partial charge in [0, 0.05) is 12.2 Å². The van der Waals surface area contributed by atoms with Gasteiger partial charge in [-0.2, -0.15) is 0 Å². The van der Waals surface area contributed by atoms with Gasteiger partial charge < -0.3 is 14.7 Å². The van der Waals surface area contributed by atoms with E-state index in [9.17, 15) is 14.7 Å². The van der Waals surface area contributed by atoms with E-state index < -0.39 is 12.1 Å². The second kappa shape index (κ2) is 6.35. The molecule has 1 aliphatic rings. The summed E-state index contributed by atoms with van der Waals surface area (Å²) in [5.74, 6) is -0.847. The lowest BCUT2D eigenvalue weighted by molar-refractivity contribution is -0.126. The Morgan fingerprint density at radius 3 is 2.71 bits per heavy atom. The Morgan fingerprint density at radius 2 is 1.96 bits per heavy atom. The van der Waals surface area contributed by atoms with E-state index in [2.05, 4.69) is 0 Å². The van der Waals surface area contributed by atoms with Crippen molar-refractivity contribution >= 4 is 17.6 Å². The van der Waals surface area contributed by atoms with Gasteiger partial charge in [0.25, 0.3) is 5.91 Å². The third-order valence-corrected chi connectivity index (χ3v) is 4.23. The van der Waals surface area contributed by atoms with Crippen LogP contribution in [0, 0.1) is 6.92 Å². The minimum atomic E-state index is -0.896. The molecule has 24 heavy (non-hydrogen) atoms. The van der Waals surface area contributed by atoms with E-state index in [4.69, 9.17) is 4.74 Å². The van der Waals surface area contributed by atoms with Crippen LogP contribution in [0.25, 0.3) is 0 Å². The third-order valence-electron chi connectivity index (χ3n) is 4.23. The minimum Gasteiger partial charge on any atom is -0.508 e. The number of rotatable bonds is 3. The van der Waals surface area contributed by atoms with Gasteiger partial charge in [-0.1, -0.05) is 24.3 Å². The Kier molecular flexibility index (Phi) is 4.25. The summed E-state index contributed by atoms with van der Waals surface area (Å²) in [5.41, 5.74) is 2.88. The van der Waals surface area contributed by atoms with E-state index in [0.29, 0.717) is 12.1 Å². The molecule has 5 nitrogen and oxygen atoms in total. The van der Waals surface area contributed by atoms with Crippen LogP contribution < -0.4 is 4.90 Å². The van der Waals surface area contributed by atoms with Crippen LogP contribution in [-0.4, -0.2) is 29.6 Å². The number of fused-ring (bicyclic) bond motifs is 1. The summed E-state index contributed by atoms with van der Waals surface area (Å²) < 4.78 is 5.28. The maximum atomic E-state index is 12.6. The fourth-order valence-corrected chi connectivity index (χ4v) is 2.80. The van der Waals surface area contributed by atoms with E-state index >= 15 is 0 Å². The lowest BCUT2D eigenvalue weighted by atomic mass is 10.1. The van der Waals surface area contributed by atoms with Crippen molar-refractivity contribution in [3.8, 4) is 5.75 Å². The van der Waals surface area contributed by atoms with Crippen LogP contribution in [0.4, 0.5) is 5.69 Å². The molecule has 5 heteroatoms. The number of phenols is 1.